The summed E-state index contributed by atoms with van der Waals surface area (Å²) in [6, 6.07) is 13.0. The van der Waals surface area contributed by atoms with Gasteiger partial charge in [-0.2, -0.15) is 0 Å². The first-order valence-electron chi connectivity index (χ1n) is 5.91. The quantitative estimate of drug-likeness (QED) is 0.715. The van der Waals surface area contributed by atoms with E-state index in [4.69, 9.17) is 27.9 Å². The van der Waals surface area contributed by atoms with Crippen LogP contribution in [0.2, 0.25) is 10.0 Å². The minimum absolute atomic E-state index is 0.513. The van der Waals surface area contributed by atoms with Crippen LogP contribution in [0.3, 0.4) is 0 Å². The van der Waals surface area contributed by atoms with Gasteiger partial charge in [0.2, 0.25) is 0 Å². The van der Waals surface area contributed by atoms with Gasteiger partial charge in [0, 0.05) is 11.8 Å². The van der Waals surface area contributed by atoms with E-state index in [0.29, 0.717) is 16.7 Å². The van der Waals surface area contributed by atoms with Crippen LogP contribution in [0.5, 0.6) is 5.75 Å². The minimum Gasteiger partial charge on any atom is -0.494 e. The predicted octanol–water partition coefficient (Wildman–Crippen LogP) is 5.14. The Morgan fingerprint density at radius 3 is 2.53 bits per heavy atom. The molecule has 0 aliphatic heterocycles. The Morgan fingerprint density at radius 2 is 1.84 bits per heavy atom. The molecular formula is C15H13Cl2NO. The van der Waals surface area contributed by atoms with Crippen LogP contribution in [0.1, 0.15) is 12.5 Å². The van der Waals surface area contributed by atoms with E-state index in [0.717, 1.165) is 17.0 Å². The maximum Gasteiger partial charge on any atom is 0.119 e. The molecule has 0 unspecified atom stereocenters. The fourth-order valence-corrected chi connectivity index (χ4v) is 1.92. The maximum absolute atomic E-state index is 6.08. The van der Waals surface area contributed by atoms with Gasteiger partial charge in [0.25, 0.3) is 0 Å². The van der Waals surface area contributed by atoms with E-state index in [1.807, 2.05) is 43.3 Å². The summed E-state index contributed by atoms with van der Waals surface area (Å²) in [5, 5.41) is 1.04. The molecule has 0 amide bonds. The van der Waals surface area contributed by atoms with E-state index < -0.39 is 0 Å². The lowest BCUT2D eigenvalue weighted by molar-refractivity contribution is 0.340. The van der Waals surface area contributed by atoms with Gasteiger partial charge in [0.15, 0.2) is 0 Å². The first-order chi connectivity index (χ1) is 9.20. The smallest absolute Gasteiger partial charge is 0.119 e. The number of halogens is 2. The van der Waals surface area contributed by atoms with Crippen molar-refractivity contribution in [3.8, 4) is 5.75 Å². The summed E-state index contributed by atoms with van der Waals surface area (Å²) in [4.78, 5) is 4.36. The molecule has 0 radical (unpaired) electrons. The summed E-state index contributed by atoms with van der Waals surface area (Å²) >= 11 is 12.0. The van der Waals surface area contributed by atoms with Crippen molar-refractivity contribution in [3.63, 3.8) is 0 Å². The third-order valence-corrected chi connectivity index (χ3v) is 3.32. The van der Waals surface area contributed by atoms with Gasteiger partial charge in [-0.1, -0.05) is 35.3 Å². The molecule has 0 heterocycles. The van der Waals surface area contributed by atoms with Crippen molar-refractivity contribution in [1.29, 1.82) is 0 Å². The topological polar surface area (TPSA) is 21.6 Å². The lowest BCUT2D eigenvalue weighted by atomic mass is 10.2. The highest BCUT2D eigenvalue weighted by Crippen LogP contribution is 2.25. The molecule has 2 aromatic carbocycles. The monoisotopic (exact) mass is 293 g/mol. The summed E-state index contributed by atoms with van der Waals surface area (Å²) < 4.78 is 5.37. The fourth-order valence-electron chi connectivity index (χ4n) is 1.56. The molecule has 0 bridgehead atoms. The highest BCUT2D eigenvalue weighted by atomic mass is 35.5. The van der Waals surface area contributed by atoms with E-state index in [1.165, 1.54) is 0 Å². The Labute approximate surface area is 122 Å². The van der Waals surface area contributed by atoms with E-state index in [9.17, 15) is 0 Å². The maximum atomic E-state index is 6.08. The van der Waals surface area contributed by atoms with Crippen molar-refractivity contribution >= 4 is 35.1 Å². The number of hydrogen-bond acceptors (Lipinski definition) is 2. The highest BCUT2D eigenvalue weighted by Gasteiger charge is 2.01. The lowest BCUT2D eigenvalue weighted by Crippen LogP contribution is -1.89. The summed E-state index contributed by atoms with van der Waals surface area (Å²) in [5.41, 5.74) is 1.63. The first kappa shape index (κ1) is 13.9. The van der Waals surface area contributed by atoms with Gasteiger partial charge < -0.3 is 4.74 Å². The van der Waals surface area contributed by atoms with Crippen molar-refractivity contribution < 1.29 is 4.74 Å². The molecule has 0 saturated heterocycles. The summed E-state index contributed by atoms with van der Waals surface area (Å²) in [6.45, 7) is 2.61. The standard InChI is InChI=1S/C15H13Cl2NO/c1-2-19-13-8-6-12(7-9-13)18-10-11-4-3-5-14(16)15(11)17/h3-10H,2H2,1H3. The zero-order chi connectivity index (χ0) is 13.7. The summed E-state index contributed by atoms with van der Waals surface area (Å²) in [5.74, 6) is 0.835. The molecule has 0 aromatic heterocycles. The molecule has 98 valence electrons. The average molecular weight is 294 g/mol. The normalized spacial score (nSPS) is 10.9. The number of benzene rings is 2. The molecule has 2 aromatic rings. The molecule has 19 heavy (non-hydrogen) atoms. The van der Waals surface area contributed by atoms with Crippen LogP contribution in [-0.4, -0.2) is 12.8 Å². The van der Waals surface area contributed by atoms with Crippen LogP contribution < -0.4 is 4.74 Å². The molecule has 0 N–H and O–H groups in total. The lowest BCUT2D eigenvalue weighted by Gasteiger charge is -2.02. The first-order valence-corrected chi connectivity index (χ1v) is 6.67. The molecule has 0 atom stereocenters. The van der Waals surface area contributed by atoms with Crippen LogP contribution in [-0.2, 0) is 0 Å². The Bertz CT molecular complexity index is 579. The van der Waals surface area contributed by atoms with Crippen LogP contribution in [0.4, 0.5) is 5.69 Å². The fraction of sp³-hybridized carbons (Fsp3) is 0.133. The minimum atomic E-state index is 0.513. The van der Waals surface area contributed by atoms with Crippen LogP contribution in [0.15, 0.2) is 47.5 Å². The zero-order valence-electron chi connectivity index (χ0n) is 10.4. The van der Waals surface area contributed by atoms with E-state index in [2.05, 4.69) is 4.99 Å². The van der Waals surface area contributed by atoms with Gasteiger partial charge in [-0.05, 0) is 37.3 Å². The molecule has 0 saturated carbocycles. The highest BCUT2D eigenvalue weighted by molar-refractivity contribution is 6.43. The predicted molar refractivity (Wildman–Crippen MR) is 81.3 cm³/mol. The van der Waals surface area contributed by atoms with E-state index >= 15 is 0 Å². The molecular weight excluding hydrogens is 281 g/mol. The molecule has 4 heteroatoms. The van der Waals surface area contributed by atoms with Crippen LogP contribution >= 0.6 is 23.2 Å². The molecule has 2 nitrogen and oxygen atoms in total. The van der Waals surface area contributed by atoms with E-state index in [1.54, 1.807) is 12.3 Å². The second-order valence-corrected chi connectivity index (χ2v) is 4.61. The molecule has 0 spiro atoms. The molecule has 0 fully saturated rings. The average Bonchev–Trinajstić information content (AvgIpc) is 2.42. The molecule has 0 aliphatic rings. The zero-order valence-corrected chi connectivity index (χ0v) is 11.9. The second kappa shape index (κ2) is 6.60. The number of hydrogen-bond donors (Lipinski definition) is 0. The Morgan fingerprint density at radius 1 is 1.11 bits per heavy atom. The number of aliphatic imine (C=N–C) groups is 1. The molecule has 2 rings (SSSR count). The van der Waals surface area contributed by atoms with Crippen molar-refractivity contribution in [1.82, 2.24) is 0 Å². The third-order valence-electron chi connectivity index (χ3n) is 2.48. The van der Waals surface area contributed by atoms with Gasteiger partial charge in [-0.15, -0.1) is 0 Å². The number of rotatable bonds is 4. The van der Waals surface area contributed by atoms with E-state index in [-0.39, 0.29) is 0 Å². The summed E-state index contributed by atoms with van der Waals surface area (Å²) in [6.07, 6.45) is 1.70. The van der Waals surface area contributed by atoms with Gasteiger partial charge in [-0.25, -0.2) is 0 Å². The van der Waals surface area contributed by atoms with Crippen LogP contribution in [0.25, 0.3) is 0 Å². The van der Waals surface area contributed by atoms with Crippen molar-refractivity contribution in [2.24, 2.45) is 4.99 Å². The SMILES string of the molecule is CCOc1ccc(N=Cc2cccc(Cl)c2Cl)cc1. The van der Waals surface area contributed by atoms with Crippen molar-refractivity contribution in [3.05, 3.63) is 58.1 Å². The third kappa shape index (κ3) is 3.72. The second-order valence-electron chi connectivity index (χ2n) is 3.83. The number of ether oxygens (including phenoxy) is 1. The van der Waals surface area contributed by atoms with Gasteiger partial charge >= 0.3 is 0 Å². The van der Waals surface area contributed by atoms with Crippen molar-refractivity contribution in [2.75, 3.05) is 6.61 Å². The van der Waals surface area contributed by atoms with Crippen LogP contribution in [0, 0.1) is 0 Å². The number of nitrogens with zero attached hydrogens (tertiary/aromatic N) is 1. The van der Waals surface area contributed by atoms with Gasteiger partial charge in [-0.3, -0.25) is 4.99 Å². The van der Waals surface area contributed by atoms with Crippen molar-refractivity contribution in [2.45, 2.75) is 6.92 Å². The Balaban J connectivity index is 2.16. The molecule has 0 aliphatic carbocycles. The Hall–Kier alpha value is -1.51. The largest absolute Gasteiger partial charge is 0.494 e. The Kier molecular flexibility index (Phi) is 4.83. The van der Waals surface area contributed by atoms with Gasteiger partial charge in [0.05, 0.1) is 22.3 Å². The van der Waals surface area contributed by atoms with Gasteiger partial charge in [0.1, 0.15) is 5.75 Å². The summed E-state index contributed by atoms with van der Waals surface area (Å²) in [7, 11) is 0.